The van der Waals surface area contributed by atoms with E-state index in [0.29, 0.717) is 0 Å². The van der Waals surface area contributed by atoms with Crippen molar-refractivity contribution >= 4 is 0 Å². The molecule has 1 heteroatoms. The van der Waals surface area contributed by atoms with Crippen LogP contribution in [0, 0.1) is 11.8 Å². The maximum Gasteiger partial charge on any atom is -0.00464 e. The minimum Gasteiger partial charge on any atom is -0.317 e. The van der Waals surface area contributed by atoms with E-state index in [1.54, 1.807) is 0 Å². The lowest BCUT2D eigenvalue weighted by molar-refractivity contribution is 0.176. The zero-order valence-electron chi connectivity index (χ0n) is 7.90. The summed E-state index contributed by atoms with van der Waals surface area (Å²) in [5.74, 6) is 2.13. The smallest absolute Gasteiger partial charge is 0.00464 e. The Labute approximate surface area is 70.6 Å². The Kier molecular flexibility index (Phi) is 3.92. The lowest BCUT2D eigenvalue weighted by atomic mass is 9.72. The SMILES string of the molecule is CCNCCC1CC(CC)C1. The van der Waals surface area contributed by atoms with E-state index in [1.165, 1.54) is 32.2 Å². The quantitative estimate of drug-likeness (QED) is 0.601. The average Bonchev–Trinajstić information content (AvgIpc) is 1.94. The Morgan fingerprint density at radius 3 is 2.45 bits per heavy atom. The fourth-order valence-electron chi connectivity index (χ4n) is 1.93. The number of hydrogen-bond acceptors (Lipinski definition) is 1. The summed E-state index contributed by atoms with van der Waals surface area (Å²) in [5, 5.41) is 3.38. The van der Waals surface area contributed by atoms with Gasteiger partial charge in [0, 0.05) is 0 Å². The molecule has 0 amide bonds. The van der Waals surface area contributed by atoms with Gasteiger partial charge in [0.2, 0.25) is 0 Å². The molecule has 1 aliphatic carbocycles. The lowest BCUT2D eigenvalue weighted by Crippen LogP contribution is -2.27. The standard InChI is InChI=1S/C10H21N/c1-3-9-7-10(8-9)5-6-11-4-2/h9-11H,3-8H2,1-2H3. The Morgan fingerprint density at radius 2 is 1.91 bits per heavy atom. The van der Waals surface area contributed by atoms with Gasteiger partial charge in [-0.15, -0.1) is 0 Å². The molecule has 0 aromatic carbocycles. The van der Waals surface area contributed by atoms with Gasteiger partial charge < -0.3 is 5.32 Å². The van der Waals surface area contributed by atoms with Crippen LogP contribution in [0.15, 0.2) is 0 Å². The maximum atomic E-state index is 3.38. The summed E-state index contributed by atoms with van der Waals surface area (Å²) in [5.41, 5.74) is 0. The van der Waals surface area contributed by atoms with E-state index in [9.17, 15) is 0 Å². The van der Waals surface area contributed by atoms with Gasteiger partial charge in [-0.1, -0.05) is 20.3 Å². The molecule has 0 heterocycles. The van der Waals surface area contributed by atoms with E-state index in [1.807, 2.05) is 0 Å². The highest BCUT2D eigenvalue weighted by Crippen LogP contribution is 2.37. The van der Waals surface area contributed by atoms with Gasteiger partial charge in [0.05, 0.1) is 0 Å². The zero-order chi connectivity index (χ0) is 8.10. The summed E-state index contributed by atoms with van der Waals surface area (Å²) >= 11 is 0. The molecule has 1 N–H and O–H groups in total. The molecular weight excluding hydrogens is 134 g/mol. The van der Waals surface area contributed by atoms with Crippen molar-refractivity contribution < 1.29 is 0 Å². The van der Waals surface area contributed by atoms with Crippen LogP contribution in [-0.4, -0.2) is 13.1 Å². The van der Waals surface area contributed by atoms with E-state index in [4.69, 9.17) is 0 Å². The Bertz CT molecular complexity index is 95.0. The Morgan fingerprint density at radius 1 is 1.18 bits per heavy atom. The molecule has 66 valence electrons. The highest BCUT2D eigenvalue weighted by Gasteiger charge is 2.26. The van der Waals surface area contributed by atoms with Crippen LogP contribution in [0.5, 0.6) is 0 Å². The third-order valence-corrected chi connectivity index (χ3v) is 2.89. The highest BCUT2D eigenvalue weighted by atomic mass is 14.8. The Hall–Kier alpha value is -0.0400. The summed E-state index contributed by atoms with van der Waals surface area (Å²) in [6, 6.07) is 0. The molecule has 0 aliphatic heterocycles. The summed E-state index contributed by atoms with van der Waals surface area (Å²) < 4.78 is 0. The van der Waals surface area contributed by atoms with Crippen LogP contribution in [0.4, 0.5) is 0 Å². The molecule has 0 aromatic rings. The summed E-state index contributed by atoms with van der Waals surface area (Å²) in [7, 11) is 0. The maximum absolute atomic E-state index is 3.38. The monoisotopic (exact) mass is 155 g/mol. The number of rotatable bonds is 5. The van der Waals surface area contributed by atoms with Gasteiger partial charge >= 0.3 is 0 Å². The number of hydrogen-bond donors (Lipinski definition) is 1. The molecule has 0 unspecified atom stereocenters. The van der Waals surface area contributed by atoms with Gasteiger partial charge in [-0.05, 0) is 44.2 Å². The molecule has 0 saturated heterocycles. The zero-order valence-corrected chi connectivity index (χ0v) is 7.90. The lowest BCUT2D eigenvalue weighted by Gasteiger charge is -2.34. The van der Waals surface area contributed by atoms with Crippen LogP contribution < -0.4 is 5.32 Å². The van der Waals surface area contributed by atoms with Crippen molar-refractivity contribution in [2.45, 2.75) is 39.5 Å². The van der Waals surface area contributed by atoms with E-state index < -0.39 is 0 Å². The minimum absolute atomic E-state index is 1.05. The van der Waals surface area contributed by atoms with Crippen LogP contribution >= 0.6 is 0 Å². The molecule has 1 fully saturated rings. The van der Waals surface area contributed by atoms with Gasteiger partial charge in [0.25, 0.3) is 0 Å². The second-order valence-corrected chi connectivity index (χ2v) is 3.75. The molecule has 0 bridgehead atoms. The van der Waals surface area contributed by atoms with Crippen LogP contribution in [-0.2, 0) is 0 Å². The molecule has 1 nitrogen and oxygen atoms in total. The molecule has 0 aromatic heterocycles. The van der Waals surface area contributed by atoms with Crippen LogP contribution in [0.25, 0.3) is 0 Å². The molecular formula is C10H21N. The average molecular weight is 155 g/mol. The van der Waals surface area contributed by atoms with Crippen molar-refractivity contribution in [2.75, 3.05) is 13.1 Å². The van der Waals surface area contributed by atoms with Gasteiger partial charge in [-0.2, -0.15) is 0 Å². The van der Waals surface area contributed by atoms with Gasteiger partial charge in [0.15, 0.2) is 0 Å². The second-order valence-electron chi connectivity index (χ2n) is 3.75. The van der Waals surface area contributed by atoms with Crippen LogP contribution in [0.1, 0.15) is 39.5 Å². The third kappa shape index (κ3) is 2.82. The van der Waals surface area contributed by atoms with E-state index in [2.05, 4.69) is 19.2 Å². The normalized spacial score (nSPS) is 30.0. The molecule has 0 atom stereocenters. The predicted molar refractivity (Wildman–Crippen MR) is 49.7 cm³/mol. The molecule has 11 heavy (non-hydrogen) atoms. The first-order chi connectivity index (χ1) is 5.36. The fourth-order valence-corrected chi connectivity index (χ4v) is 1.93. The summed E-state index contributed by atoms with van der Waals surface area (Å²) in [6.07, 6.45) is 5.81. The largest absolute Gasteiger partial charge is 0.317 e. The first kappa shape index (κ1) is 9.05. The van der Waals surface area contributed by atoms with Gasteiger partial charge in [-0.3, -0.25) is 0 Å². The molecule has 1 saturated carbocycles. The van der Waals surface area contributed by atoms with Crippen molar-refractivity contribution in [3.8, 4) is 0 Å². The van der Waals surface area contributed by atoms with Crippen LogP contribution in [0.2, 0.25) is 0 Å². The summed E-state index contributed by atoms with van der Waals surface area (Å²) in [6.45, 7) is 6.85. The Balaban J connectivity index is 1.88. The van der Waals surface area contributed by atoms with Crippen LogP contribution in [0.3, 0.4) is 0 Å². The molecule has 0 spiro atoms. The minimum atomic E-state index is 1.05. The highest BCUT2D eigenvalue weighted by molar-refractivity contribution is 4.78. The number of nitrogens with one attached hydrogen (secondary N) is 1. The first-order valence-electron chi connectivity index (χ1n) is 5.07. The first-order valence-corrected chi connectivity index (χ1v) is 5.07. The molecule has 1 aliphatic rings. The third-order valence-electron chi connectivity index (χ3n) is 2.89. The second kappa shape index (κ2) is 4.76. The van der Waals surface area contributed by atoms with Gasteiger partial charge in [-0.25, -0.2) is 0 Å². The topological polar surface area (TPSA) is 12.0 Å². The van der Waals surface area contributed by atoms with E-state index >= 15 is 0 Å². The van der Waals surface area contributed by atoms with E-state index in [-0.39, 0.29) is 0 Å². The van der Waals surface area contributed by atoms with Crippen molar-refractivity contribution in [3.63, 3.8) is 0 Å². The molecule has 1 rings (SSSR count). The molecule has 0 radical (unpaired) electrons. The van der Waals surface area contributed by atoms with Crippen molar-refractivity contribution in [3.05, 3.63) is 0 Å². The van der Waals surface area contributed by atoms with Gasteiger partial charge in [0.1, 0.15) is 0 Å². The summed E-state index contributed by atoms with van der Waals surface area (Å²) in [4.78, 5) is 0. The van der Waals surface area contributed by atoms with Crippen molar-refractivity contribution in [1.82, 2.24) is 5.32 Å². The fraction of sp³-hybridized carbons (Fsp3) is 1.00. The van der Waals surface area contributed by atoms with E-state index in [0.717, 1.165) is 18.4 Å². The predicted octanol–water partition coefficient (Wildman–Crippen LogP) is 2.42. The van der Waals surface area contributed by atoms with Crippen molar-refractivity contribution in [1.29, 1.82) is 0 Å². The van der Waals surface area contributed by atoms with Crippen molar-refractivity contribution in [2.24, 2.45) is 11.8 Å².